The van der Waals surface area contributed by atoms with Crippen LogP contribution < -0.4 is 5.32 Å². The quantitative estimate of drug-likeness (QED) is 0.487. The molecule has 0 aromatic rings. The first-order valence-electron chi connectivity index (χ1n) is 6.47. The van der Waals surface area contributed by atoms with Crippen LogP contribution in [-0.2, 0) is 19.2 Å². The highest BCUT2D eigenvalue weighted by Crippen LogP contribution is 2.48. The first kappa shape index (κ1) is 15.0. The molecule has 2 aliphatic carbocycles. The van der Waals surface area contributed by atoms with Crippen molar-refractivity contribution in [3.63, 3.8) is 0 Å². The molecule has 0 heterocycles. The second-order valence-electron chi connectivity index (χ2n) is 5.34. The molecule has 1 fully saturated rings. The topological polar surface area (TPSA) is 141 Å². The number of aliphatic carboxylic acids is 3. The maximum atomic E-state index is 12.2. The van der Waals surface area contributed by atoms with Gasteiger partial charge in [0.15, 0.2) is 0 Å². The van der Waals surface area contributed by atoms with Gasteiger partial charge in [-0.15, -0.1) is 0 Å². The molecule has 114 valence electrons. The zero-order valence-electron chi connectivity index (χ0n) is 10.9. The van der Waals surface area contributed by atoms with Gasteiger partial charge in [0.25, 0.3) is 0 Å². The van der Waals surface area contributed by atoms with Crippen molar-refractivity contribution in [1.82, 2.24) is 5.32 Å². The van der Waals surface area contributed by atoms with Crippen LogP contribution in [0.15, 0.2) is 12.2 Å². The summed E-state index contributed by atoms with van der Waals surface area (Å²) in [6.45, 7) is 0. The van der Waals surface area contributed by atoms with Crippen LogP contribution in [-0.4, -0.2) is 45.2 Å². The van der Waals surface area contributed by atoms with E-state index in [1.165, 1.54) is 0 Å². The molecule has 8 nitrogen and oxygen atoms in total. The molecule has 0 saturated heterocycles. The van der Waals surface area contributed by atoms with E-state index in [9.17, 15) is 24.3 Å². The van der Waals surface area contributed by atoms with Crippen molar-refractivity contribution >= 4 is 23.8 Å². The van der Waals surface area contributed by atoms with Gasteiger partial charge in [-0.1, -0.05) is 12.2 Å². The highest BCUT2D eigenvalue weighted by atomic mass is 16.4. The Morgan fingerprint density at radius 1 is 1.05 bits per heavy atom. The number of hydrogen-bond acceptors (Lipinski definition) is 4. The van der Waals surface area contributed by atoms with Gasteiger partial charge in [0, 0.05) is 0 Å². The third-order valence-electron chi connectivity index (χ3n) is 4.04. The summed E-state index contributed by atoms with van der Waals surface area (Å²) in [6.07, 6.45) is 3.32. The number of allylic oxidation sites excluding steroid dienone is 2. The number of carboxylic acids is 3. The fraction of sp³-hybridized carbons (Fsp3) is 0.538. The number of carbonyl (C=O) groups excluding carboxylic acids is 1. The van der Waals surface area contributed by atoms with Crippen LogP contribution in [0.4, 0.5) is 0 Å². The van der Waals surface area contributed by atoms with Crippen molar-refractivity contribution in [2.75, 3.05) is 0 Å². The number of carbonyl (C=O) groups is 4. The van der Waals surface area contributed by atoms with Gasteiger partial charge < -0.3 is 20.6 Å². The second-order valence-corrected chi connectivity index (χ2v) is 5.34. The molecule has 0 aromatic heterocycles. The molecular weight excluding hydrogens is 282 g/mol. The summed E-state index contributed by atoms with van der Waals surface area (Å²) in [5.41, 5.74) is 0. The third-order valence-corrected chi connectivity index (χ3v) is 4.04. The molecular formula is C13H15NO7. The van der Waals surface area contributed by atoms with E-state index >= 15 is 0 Å². The lowest BCUT2D eigenvalue weighted by atomic mass is 9.82. The number of hydrogen-bond donors (Lipinski definition) is 4. The molecule has 1 amide bonds. The average molecular weight is 297 g/mol. The maximum Gasteiger partial charge on any atom is 0.326 e. The maximum absolute atomic E-state index is 12.2. The summed E-state index contributed by atoms with van der Waals surface area (Å²) in [7, 11) is 0. The molecule has 0 unspecified atom stereocenters. The Kier molecular flexibility index (Phi) is 3.97. The van der Waals surface area contributed by atoms with E-state index in [4.69, 9.17) is 10.2 Å². The Hall–Kier alpha value is -2.38. The number of carboxylic acid groups (broad SMARTS) is 3. The van der Waals surface area contributed by atoms with Crippen LogP contribution in [0.3, 0.4) is 0 Å². The molecule has 8 heteroatoms. The molecule has 0 spiro atoms. The highest BCUT2D eigenvalue weighted by molar-refractivity contribution is 5.91. The Morgan fingerprint density at radius 3 is 2.10 bits per heavy atom. The van der Waals surface area contributed by atoms with Crippen LogP contribution in [0, 0.1) is 23.7 Å². The minimum atomic E-state index is -1.56. The molecule has 0 radical (unpaired) electrons. The van der Waals surface area contributed by atoms with E-state index in [1.54, 1.807) is 12.2 Å². The largest absolute Gasteiger partial charge is 0.481 e. The SMILES string of the molecule is O=C(O)C[C@H](NC(=O)[C@H]1[C@@H](C(=O)O)[C@H]2C=C[C@H]1C2)C(=O)O. The van der Waals surface area contributed by atoms with Crippen LogP contribution >= 0.6 is 0 Å². The fourth-order valence-electron chi connectivity index (χ4n) is 3.16. The van der Waals surface area contributed by atoms with Crippen molar-refractivity contribution in [1.29, 1.82) is 0 Å². The van der Waals surface area contributed by atoms with E-state index in [0.29, 0.717) is 6.42 Å². The number of fused-ring (bicyclic) bond motifs is 2. The van der Waals surface area contributed by atoms with Crippen LogP contribution in [0.2, 0.25) is 0 Å². The highest BCUT2D eigenvalue weighted by Gasteiger charge is 2.52. The van der Waals surface area contributed by atoms with E-state index in [1.807, 2.05) is 0 Å². The molecule has 2 bridgehead atoms. The Bertz CT molecular complexity index is 527. The fourth-order valence-corrected chi connectivity index (χ4v) is 3.16. The lowest BCUT2D eigenvalue weighted by molar-refractivity contribution is -0.150. The molecule has 4 N–H and O–H groups in total. The van der Waals surface area contributed by atoms with Crippen LogP contribution in [0.5, 0.6) is 0 Å². The van der Waals surface area contributed by atoms with Crippen LogP contribution in [0.1, 0.15) is 12.8 Å². The normalized spacial score (nSPS) is 30.9. The molecule has 5 atom stereocenters. The van der Waals surface area contributed by atoms with E-state index in [2.05, 4.69) is 5.32 Å². The number of amides is 1. The zero-order chi connectivity index (χ0) is 15.7. The van der Waals surface area contributed by atoms with Gasteiger partial charge >= 0.3 is 17.9 Å². The van der Waals surface area contributed by atoms with Crippen molar-refractivity contribution < 1.29 is 34.5 Å². The van der Waals surface area contributed by atoms with Gasteiger partial charge in [-0.2, -0.15) is 0 Å². The van der Waals surface area contributed by atoms with Gasteiger partial charge in [0.1, 0.15) is 6.04 Å². The monoisotopic (exact) mass is 297 g/mol. The summed E-state index contributed by atoms with van der Waals surface area (Å²) in [5.74, 6) is -6.85. The van der Waals surface area contributed by atoms with E-state index in [0.717, 1.165) is 0 Å². The standard InChI is InChI=1S/C13H15NO7/c15-8(16)4-7(12(18)19)14-11(17)9-5-1-2-6(3-5)10(9)13(20)21/h1-2,5-7,9-10H,3-4H2,(H,14,17)(H,15,16)(H,18,19)(H,20,21)/t5-,6-,7-,9+,10-/m0/s1. The van der Waals surface area contributed by atoms with Gasteiger partial charge in [-0.25, -0.2) is 4.79 Å². The molecule has 0 aromatic carbocycles. The summed E-state index contributed by atoms with van der Waals surface area (Å²) in [6, 6.07) is -1.56. The van der Waals surface area contributed by atoms with Gasteiger partial charge in [0.05, 0.1) is 18.3 Å². The van der Waals surface area contributed by atoms with E-state index in [-0.39, 0.29) is 11.8 Å². The van der Waals surface area contributed by atoms with Crippen molar-refractivity contribution in [2.45, 2.75) is 18.9 Å². The Balaban J connectivity index is 2.11. The molecule has 0 aliphatic heterocycles. The Labute approximate surface area is 119 Å². The average Bonchev–Trinajstić information content (AvgIpc) is 2.96. The second kappa shape index (κ2) is 5.55. The third kappa shape index (κ3) is 2.88. The van der Waals surface area contributed by atoms with Crippen molar-refractivity contribution in [3.05, 3.63) is 12.2 Å². The number of rotatable bonds is 6. The van der Waals surface area contributed by atoms with Crippen molar-refractivity contribution in [3.8, 4) is 0 Å². The number of nitrogens with one attached hydrogen (secondary N) is 1. The lowest BCUT2D eigenvalue weighted by Crippen LogP contribution is -2.48. The summed E-state index contributed by atoms with van der Waals surface area (Å²) >= 11 is 0. The van der Waals surface area contributed by atoms with E-state index < -0.39 is 48.1 Å². The zero-order valence-corrected chi connectivity index (χ0v) is 10.9. The summed E-state index contributed by atoms with van der Waals surface area (Å²) in [4.78, 5) is 45.0. The molecule has 1 saturated carbocycles. The van der Waals surface area contributed by atoms with Gasteiger partial charge in [-0.05, 0) is 18.3 Å². The predicted octanol–water partition coefficient (Wildman–Crippen LogP) is -0.447. The Morgan fingerprint density at radius 2 is 1.62 bits per heavy atom. The molecule has 2 rings (SSSR count). The minimum absolute atomic E-state index is 0.231. The first-order valence-corrected chi connectivity index (χ1v) is 6.47. The molecule has 2 aliphatic rings. The smallest absolute Gasteiger partial charge is 0.326 e. The van der Waals surface area contributed by atoms with Gasteiger partial charge in [-0.3, -0.25) is 14.4 Å². The van der Waals surface area contributed by atoms with Crippen LogP contribution in [0.25, 0.3) is 0 Å². The minimum Gasteiger partial charge on any atom is -0.481 e. The van der Waals surface area contributed by atoms with Gasteiger partial charge in [0.2, 0.25) is 5.91 Å². The predicted molar refractivity (Wildman–Crippen MR) is 67.2 cm³/mol. The summed E-state index contributed by atoms with van der Waals surface area (Å²) < 4.78 is 0. The first-order chi connectivity index (χ1) is 9.81. The summed E-state index contributed by atoms with van der Waals surface area (Å²) in [5, 5.41) is 28.9. The van der Waals surface area contributed by atoms with Crippen molar-refractivity contribution in [2.24, 2.45) is 23.7 Å². The lowest BCUT2D eigenvalue weighted by Gasteiger charge is -2.25. The molecule has 21 heavy (non-hydrogen) atoms.